The number of aryl methyl sites for hydroxylation is 3. The fraction of sp³-hybridized carbons (Fsp3) is 0.200. The summed E-state index contributed by atoms with van der Waals surface area (Å²) < 4.78 is 0. The number of benzene rings is 1. The number of nitrogens with one attached hydrogen (secondary N) is 1. The highest BCUT2D eigenvalue weighted by molar-refractivity contribution is 6.05. The van der Waals surface area contributed by atoms with E-state index in [2.05, 4.69) is 10.3 Å². The minimum atomic E-state index is -0.146. The smallest absolute Gasteiger partial charge is 0.257 e. The molecule has 0 aliphatic rings. The Morgan fingerprint density at radius 3 is 2.37 bits per heavy atom. The predicted octanol–water partition coefficient (Wildman–Crippen LogP) is 2.84. The third-order valence-electron chi connectivity index (χ3n) is 3.10. The normalized spacial score (nSPS) is 10.3. The summed E-state index contributed by atoms with van der Waals surface area (Å²) >= 11 is 0. The van der Waals surface area contributed by atoms with Crippen LogP contribution in [0.4, 0.5) is 11.5 Å². The Balaban J connectivity index is 2.28. The van der Waals surface area contributed by atoms with Gasteiger partial charge in [0.05, 0.1) is 11.9 Å². The number of nitrogens with two attached hydrogens (primary N) is 1. The number of pyridine rings is 1. The summed E-state index contributed by atoms with van der Waals surface area (Å²) in [6, 6.07) is 7.54. The molecule has 0 aliphatic heterocycles. The molecule has 4 nitrogen and oxygen atoms in total. The summed E-state index contributed by atoms with van der Waals surface area (Å²) in [5.74, 6) is 0.367. The maximum absolute atomic E-state index is 12.3. The molecule has 0 spiro atoms. The van der Waals surface area contributed by atoms with Crippen LogP contribution in [0.15, 0.2) is 30.5 Å². The van der Waals surface area contributed by atoms with Crippen molar-refractivity contribution in [1.82, 2.24) is 4.98 Å². The second kappa shape index (κ2) is 5.10. The standard InChI is InChI=1S/C15H17N3O/c1-9-5-4-6-10(2)14(9)15(19)18-13-7-11(3)12(16)8-17-13/h4-8H,16H2,1-3H3,(H,17,18,19). The van der Waals surface area contributed by atoms with Crippen LogP contribution in [0.5, 0.6) is 0 Å². The maximum atomic E-state index is 12.3. The maximum Gasteiger partial charge on any atom is 0.257 e. The SMILES string of the molecule is Cc1cc(NC(=O)c2c(C)cccc2C)ncc1N. The first-order valence-corrected chi connectivity index (χ1v) is 6.08. The molecule has 1 aromatic heterocycles. The molecule has 3 N–H and O–H groups in total. The number of hydrogen-bond acceptors (Lipinski definition) is 3. The van der Waals surface area contributed by atoms with Gasteiger partial charge in [0, 0.05) is 5.56 Å². The van der Waals surface area contributed by atoms with E-state index in [4.69, 9.17) is 5.73 Å². The van der Waals surface area contributed by atoms with Crippen molar-refractivity contribution < 1.29 is 4.79 Å². The molecule has 2 rings (SSSR count). The van der Waals surface area contributed by atoms with E-state index in [9.17, 15) is 4.79 Å². The Morgan fingerprint density at radius 1 is 1.16 bits per heavy atom. The number of carbonyl (C=O) groups is 1. The monoisotopic (exact) mass is 255 g/mol. The lowest BCUT2D eigenvalue weighted by Crippen LogP contribution is -2.16. The Kier molecular flexibility index (Phi) is 3.51. The summed E-state index contributed by atoms with van der Waals surface area (Å²) in [5.41, 5.74) is 9.81. The zero-order valence-corrected chi connectivity index (χ0v) is 11.3. The molecule has 0 radical (unpaired) electrons. The van der Waals surface area contributed by atoms with E-state index in [-0.39, 0.29) is 5.91 Å². The number of nitrogens with zero attached hydrogens (tertiary/aromatic N) is 1. The molecule has 0 fully saturated rings. The van der Waals surface area contributed by atoms with E-state index < -0.39 is 0 Å². The van der Waals surface area contributed by atoms with E-state index in [1.54, 1.807) is 12.3 Å². The van der Waals surface area contributed by atoms with Crippen LogP contribution in [0.3, 0.4) is 0 Å². The van der Waals surface area contributed by atoms with Gasteiger partial charge in [-0.05, 0) is 43.5 Å². The molecular weight excluding hydrogens is 238 g/mol. The van der Waals surface area contributed by atoms with Crippen molar-refractivity contribution in [2.75, 3.05) is 11.1 Å². The predicted molar refractivity (Wildman–Crippen MR) is 77.3 cm³/mol. The van der Waals surface area contributed by atoms with Crippen LogP contribution in [0.1, 0.15) is 27.0 Å². The lowest BCUT2D eigenvalue weighted by atomic mass is 10.0. The minimum absolute atomic E-state index is 0.146. The fourth-order valence-electron chi connectivity index (χ4n) is 1.99. The molecule has 0 saturated heterocycles. The highest BCUT2D eigenvalue weighted by Crippen LogP contribution is 2.17. The number of hydrogen-bond donors (Lipinski definition) is 2. The van der Waals surface area contributed by atoms with Gasteiger partial charge in [-0.1, -0.05) is 18.2 Å². The molecule has 2 aromatic rings. The van der Waals surface area contributed by atoms with Gasteiger partial charge in [-0.2, -0.15) is 0 Å². The summed E-state index contributed by atoms with van der Waals surface area (Å²) in [5, 5.41) is 2.80. The molecule has 0 saturated carbocycles. The van der Waals surface area contributed by atoms with Crippen molar-refractivity contribution in [3.63, 3.8) is 0 Å². The summed E-state index contributed by atoms with van der Waals surface area (Å²) in [7, 11) is 0. The van der Waals surface area contributed by atoms with Crippen molar-refractivity contribution >= 4 is 17.4 Å². The minimum Gasteiger partial charge on any atom is -0.397 e. The van der Waals surface area contributed by atoms with Crippen LogP contribution in [0.25, 0.3) is 0 Å². The second-order valence-electron chi connectivity index (χ2n) is 4.65. The van der Waals surface area contributed by atoms with Crippen molar-refractivity contribution in [3.8, 4) is 0 Å². The van der Waals surface area contributed by atoms with E-state index in [0.29, 0.717) is 17.1 Å². The first-order chi connectivity index (χ1) is 8.99. The number of anilines is 2. The average molecular weight is 255 g/mol. The van der Waals surface area contributed by atoms with E-state index >= 15 is 0 Å². The Hall–Kier alpha value is -2.36. The average Bonchev–Trinajstić information content (AvgIpc) is 2.33. The Labute approximate surface area is 112 Å². The van der Waals surface area contributed by atoms with Gasteiger partial charge in [-0.25, -0.2) is 4.98 Å². The van der Waals surface area contributed by atoms with Gasteiger partial charge in [0.25, 0.3) is 5.91 Å². The number of amides is 1. The molecule has 4 heteroatoms. The molecule has 1 aromatic carbocycles. The molecule has 0 unspecified atom stereocenters. The quantitative estimate of drug-likeness (QED) is 0.867. The Morgan fingerprint density at radius 2 is 1.79 bits per heavy atom. The molecule has 98 valence electrons. The lowest BCUT2D eigenvalue weighted by Gasteiger charge is -2.10. The van der Waals surface area contributed by atoms with Crippen molar-refractivity contribution in [3.05, 3.63) is 52.7 Å². The summed E-state index contributed by atoms with van der Waals surface area (Å²) in [4.78, 5) is 16.4. The van der Waals surface area contributed by atoms with Crippen molar-refractivity contribution in [2.24, 2.45) is 0 Å². The van der Waals surface area contributed by atoms with Gasteiger partial charge in [-0.3, -0.25) is 4.79 Å². The van der Waals surface area contributed by atoms with Crippen LogP contribution in [-0.2, 0) is 0 Å². The third-order valence-corrected chi connectivity index (χ3v) is 3.10. The highest BCUT2D eigenvalue weighted by Gasteiger charge is 2.12. The van der Waals surface area contributed by atoms with Crippen molar-refractivity contribution in [1.29, 1.82) is 0 Å². The van der Waals surface area contributed by atoms with Crippen LogP contribution in [-0.4, -0.2) is 10.9 Å². The third kappa shape index (κ3) is 2.73. The fourth-order valence-corrected chi connectivity index (χ4v) is 1.99. The largest absolute Gasteiger partial charge is 0.397 e. The van der Waals surface area contributed by atoms with Gasteiger partial charge in [0.15, 0.2) is 0 Å². The van der Waals surface area contributed by atoms with Crippen LogP contribution < -0.4 is 11.1 Å². The van der Waals surface area contributed by atoms with Crippen molar-refractivity contribution in [2.45, 2.75) is 20.8 Å². The number of aromatic nitrogens is 1. The van der Waals surface area contributed by atoms with Gasteiger partial charge < -0.3 is 11.1 Å². The molecule has 0 bridgehead atoms. The summed E-state index contributed by atoms with van der Waals surface area (Å²) in [6.07, 6.45) is 1.55. The molecule has 19 heavy (non-hydrogen) atoms. The van der Waals surface area contributed by atoms with Gasteiger partial charge >= 0.3 is 0 Å². The van der Waals surface area contributed by atoms with Crippen LogP contribution >= 0.6 is 0 Å². The van der Waals surface area contributed by atoms with E-state index in [1.165, 1.54) is 0 Å². The van der Waals surface area contributed by atoms with Crippen LogP contribution in [0, 0.1) is 20.8 Å². The number of rotatable bonds is 2. The molecule has 0 aliphatic carbocycles. The topological polar surface area (TPSA) is 68.0 Å². The second-order valence-corrected chi connectivity index (χ2v) is 4.65. The van der Waals surface area contributed by atoms with Crippen LogP contribution in [0.2, 0.25) is 0 Å². The lowest BCUT2D eigenvalue weighted by molar-refractivity contribution is 0.102. The molecule has 1 amide bonds. The highest BCUT2D eigenvalue weighted by atomic mass is 16.1. The zero-order valence-electron chi connectivity index (χ0n) is 11.3. The first kappa shape index (κ1) is 13.1. The molecule has 0 atom stereocenters. The number of nitrogen functional groups attached to an aromatic ring is 1. The summed E-state index contributed by atoms with van der Waals surface area (Å²) in [6.45, 7) is 5.72. The van der Waals surface area contributed by atoms with E-state index in [1.807, 2.05) is 39.0 Å². The Bertz CT molecular complexity index is 615. The molecular formula is C15H17N3O. The zero-order chi connectivity index (χ0) is 14.0. The van der Waals surface area contributed by atoms with Gasteiger partial charge in [0.1, 0.15) is 5.82 Å². The number of carbonyl (C=O) groups excluding carboxylic acids is 1. The van der Waals surface area contributed by atoms with Gasteiger partial charge in [-0.15, -0.1) is 0 Å². The molecule has 1 heterocycles. The first-order valence-electron chi connectivity index (χ1n) is 6.08. The van der Waals surface area contributed by atoms with Gasteiger partial charge in [0.2, 0.25) is 0 Å². The van der Waals surface area contributed by atoms with E-state index in [0.717, 1.165) is 16.7 Å².